The molecule has 0 heterocycles. The number of hydrogen-bond donors (Lipinski definition) is 1. The lowest BCUT2D eigenvalue weighted by molar-refractivity contribution is 0.603. The Morgan fingerprint density at radius 3 is 2.67 bits per heavy atom. The van der Waals surface area contributed by atoms with Gasteiger partial charge in [0, 0.05) is 30.9 Å². The van der Waals surface area contributed by atoms with E-state index in [0.29, 0.717) is 11.6 Å². The first kappa shape index (κ1) is 12.0. The van der Waals surface area contributed by atoms with Crippen LogP contribution in [0.2, 0.25) is 0 Å². The van der Waals surface area contributed by atoms with E-state index >= 15 is 0 Å². The molecule has 0 saturated heterocycles. The maximum atomic E-state index is 13.5. The van der Waals surface area contributed by atoms with Gasteiger partial charge < -0.3 is 10.6 Å². The van der Waals surface area contributed by atoms with Crippen molar-refractivity contribution in [2.24, 2.45) is 5.73 Å². The highest BCUT2D eigenvalue weighted by Gasteiger charge is 2.13. The summed E-state index contributed by atoms with van der Waals surface area (Å²) in [4.78, 5) is 2.07. The van der Waals surface area contributed by atoms with Crippen LogP contribution < -0.4 is 10.6 Å². The molecule has 1 atom stereocenters. The molecule has 0 aromatic heterocycles. The van der Waals surface area contributed by atoms with Gasteiger partial charge in [-0.3, -0.25) is 0 Å². The number of nitrogens with two attached hydrogens (primary N) is 1. The molecule has 0 fully saturated rings. The van der Waals surface area contributed by atoms with E-state index in [0.717, 1.165) is 12.1 Å². The summed E-state index contributed by atoms with van der Waals surface area (Å²) in [5.74, 6) is -0.217. The topological polar surface area (TPSA) is 29.3 Å². The Morgan fingerprint density at radius 1 is 1.47 bits per heavy atom. The molecular formula is C12H19FN2. The monoisotopic (exact) mass is 210 g/mol. The number of benzene rings is 1. The van der Waals surface area contributed by atoms with Gasteiger partial charge in [-0.2, -0.15) is 0 Å². The van der Waals surface area contributed by atoms with Gasteiger partial charge in [-0.25, -0.2) is 4.39 Å². The van der Waals surface area contributed by atoms with E-state index in [2.05, 4.69) is 18.7 Å². The van der Waals surface area contributed by atoms with E-state index in [-0.39, 0.29) is 12.4 Å². The average molecular weight is 210 g/mol. The minimum Gasteiger partial charge on any atom is -0.372 e. The Hall–Kier alpha value is -1.09. The maximum absolute atomic E-state index is 13.5. The zero-order valence-electron chi connectivity index (χ0n) is 9.63. The number of nitrogens with zero attached hydrogens (tertiary/aromatic N) is 1. The molecule has 84 valence electrons. The summed E-state index contributed by atoms with van der Waals surface area (Å²) in [6.07, 6.45) is 1.02. The molecule has 0 amide bonds. The molecule has 15 heavy (non-hydrogen) atoms. The molecule has 0 saturated carbocycles. The van der Waals surface area contributed by atoms with E-state index in [1.54, 1.807) is 6.07 Å². The lowest BCUT2D eigenvalue weighted by atomic mass is 10.1. The third-order valence-electron chi connectivity index (χ3n) is 2.93. The SMILES string of the molecule is CCC(C)N(C)c1cccc(F)c1CN. The zero-order valence-corrected chi connectivity index (χ0v) is 9.63. The second kappa shape index (κ2) is 5.12. The van der Waals surface area contributed by atoms with Crippen LogP contribution in [0.3, 0.4) is 0 Å². The van der Waals surface area contributed by atoms with Crippen molar-refractivity contribution in [3.8, 4) is 0 Å². The summed E-state index contributed by atoms with van der Waals surface area (Å²) in [6, 6.07) is 5.48. The van der Waals surface area contributed by atoms with Crippen molar-refractivity contribution < 1.29 is 4.39 Å². The maximum Gasteiger partial charge on any atom is 0.129 e. The van der Waals surface area contributed by atoms with Gasteiger partial charge in [-0.1, -0.05) is 13.0 Å². The summed E-state index contributed by atoms with van der Waals surface area (Å²) >= 11 is 0. The van der Waals surface area contributed by atoms with Gasteiger partial charge in [-0.05, 0) is 25.5 Å². The summed E-state index contributed by atoms with van der Waals surface area (Å²) in [7, 11) is 1.97. The van der Waals surface area contributed by atoms with Crippen LogP contribution in [0, 0.1) is 5.82 Å². The van der Waals surface area contributed by atoms with Crippen LogP contribution in [0.1, 0.15) is 25.8 Å². The van der Waals surface area contributed by atoms with Gasteiger partial charge in [0.05, 0.1) is 0 Å². The van der Waals surface area contributed by atoms with Gasteiger partial charge in [0.25, 0.3) is 0 Å². The van der Waals surface area contributed by atoms with Crippen LogP contribution in [0.15, 0.2) is 18.2 Å². The van der Waals surface area contributed by atoms with Crippen molar-refractivity contribution in [3.05, 3.63) is 29.6 Å². The fraction of sp³-hybridized carbons (Fsp3) is 0.500. The van der Waals surface area contributed by atoms with E-state index in [1.807, 2.05) is 13.1 Å². The second-order valence-electron chi connectivity index (χ2n) is 3.81. The molecular weight excluding hydrogens is 191 g/mol. The molecule has 1 aromatic carbocycles. The van der Waals surface area contributed by atoms with Crippen molar-refractivity contribution >= 4 is 5.69 Å². The molecule has 0 bridgehead atoms. The predicted octanol–water partition coefficient (Wildman–Crippen LogP) is 2.52. The van der Waals surface area contributed by atoms with Crippen LogP contribution in [-0.4, -0.2) is 13.1 Å². The fourth-order valence-electron chi connectivity index (χ4n) is 1.59. The Labute approximate surface area is 90.9 Å². The largest absolute Gasteiger partial charge is 0.372 e. The summed E-state index contributed by atoms with van der Waals surface area (Å²) in [5, 5.41) is 0. The second-order valence-corrected chi connectivity index (χ2v) is 3.81. The standard InChI is InChI=1S/C12H19FN2/c1-4-9(2)15(3)12-7-5-6-11(13)10(12)8-14/h5-7,9H,4,8,14H2,1-3H3. The van der Waals surface area contributed by atoms with Gasteiger partial charge in [-0.15, -0.1) is 0 Å². The quantitative estimate of drug-likeness (QED) is 0.827. The molecule has 2 N–H and O–H groups in total. The fourth-order valence-corrected chi connectivity index (χ4v) is 1.59. The first-order valence-electron chi connectivity index (χ1n) is 5.32. The van der Waals surface area contributed by atoms with E-state index in [9.17, 15) is 4.39 Å². The molecule has 1 aromatic rings. The highest BCUT2D eigenvalue weighted by atomic mass is 19.1. The predicted molar refractivity (Wildman–Crippen MR) is 62.4 cm³/mol. The minimum absolute atomic E-state index is 0.217. The van der Waals surface area contributed by atoms with Crippen LogP contribution in [0.5, 0.6) is 0 Å². The molecule has 2 nitrogen and oxygen atoms in total. The highest BCUT2D eigenvalue weighted by molar-refractivity contribution is 5.54. The van der Waals surface area contributed by atoms with Gasteiger partial charge in [0.15, 0.2) is 0 Å². The van der Waals surface area contributed by atoms with Crippen molar-refractivity contribution in [2.45, 2.75) is 32.9 Å². The first-order chi connectivity index (χ1) is 7.11. The molecule has 0 aliphatic carbocycles. The molecule has 0 aliphatic heterocycles. The highest BCUT2D eigenvalue weighted by Crippen LogP contribution is 2.23. The summed E-state index contributed by atoms with van der Waals surface area (Å²) in [6.45, 7) is 4.47. The number of hydrogen-bond acceptors (Lipinski definition) is 2. The zero-order chi connectivity index (χ0) is 11.4. The van der Waals surface area contributed by atoms with Crippen molar-refractivity contribution in [1.82, 2.24) is 0 Å². The Kier molecular flexibility index (Phi) is 4.09. The van der Waals surface area contributed by atoms with Gasteiger partial charge >= 0.3 is 0 Å². The Morgan fingerprint density at radius 2 is 2.13 bits per heavy atom. The summed E-state index contributed by atoms with van der Waals surface area (Å²) < 4.78 is 13.5. The summed E-state index contributed by atoms with van der Waals surface area (Å²) in [5.41, 5.74) is 7.06. The Bertz CT molecular complexity index is 325. The lowest BCUT2D eigenvalue weighted by Gasteiger charge is -2.28. The van der Waals surface area contributed by atoms with Crippen LogP contribution in [0.4, 0.5) is 10.1 Å². The average Bonchev–Trinajstić information content (AvgIpc) is 2.26. The molecule has 0 aliphatic rings. The van der Waals surface area contributed by atoms with Crippen LogP contribution in [-0.2, 0) is 6.54 Å². The minimum atomic E-state index is -0.217. The van der Waals surface area contributed by atoms with Crippen molar-refractivity contribution in [1.29, 1.82) is 0 Å². The molecule has 0 spiro atoms. The normalized spacial score (nSPS) is 12.6. The van der Waals surface area contributed by atoms with E-state index in [1.165, 1.54) is 6.07 Å². The van der Waals surface area contributed by atoms with E-state index in [4.69, 9.17) is 5.73 Å². The number of anilines is 1. The van der Waals surface area contributed by atoms with Crippen molar-refractivity contribution in [3.63, 3.8) is 0 Å². The van der Waals surface area contributed by atoms with Gasteiger partial charge in [0.2, 0.25) is 0 Å². The van der Waals surface area contributed by atoms with Crippen LogP contribution >= 0.6 is 0 Å². The van der Waals surface area contributed by atoms with Crippen molar-refractivity contribution in [2.75, 3.05) is 11.9 Å². The molecule has 0 radical (unpaired) electrons. The van der Waals surface area contributed by atoms with Gasteiger partial charge in [0.1, 0.15) is 5.82 Å². The first-order valence-corrected chi connectivity index (χ1v) is 5.32. The Balaban J connectivity index is 3.07. The number of rotatable bonds is 4. The van der Waals surface area contributed by atoms with Crippen LogP contribution in [0.25, 0.3) is 0 Å². The van der Waals surface area contributed by atoms with E-state index < -0.39 is 0 Å². The molecule has 1 rings (SSSR count). The third kappa shape index (κ3) is 2.48. The third-order valence-corrected chi connectivity index (χ3v) is 2.93. The lowest BCUT2D eigenvalue weighted by Crippen LogP contribution is -2.29. The molecule has 3 heteroatoms. The molecule has 1 unspecified atom stereocenters. The smallest absolute Gasteiger partial charge is 0.129 e. The number of halogens is 1.